The van der Waals surface area contributed by atoms with Crippen molar-refractivity contribution in [2.24, 2.45) is 5.73 Å². The Hall–Kier alpha value is -3.04. The van der Waals surface area contributed by atoms with Gasteiger partial charge in [-0.05, 0) is 42.5 Å². The molecule has 5 nitrogen and oxygen atoms in total. The zero-order valence-corrected chi connectivity index (χ0v) is 17.1. The first-order valence-corrected chi connectivity index (χ1v) is 10.5. The summed E-state index contributed by atoms with van der Waals surface area (Å²) < 4.78 is 0. The summed E-state index contributed by atoms with van der Waals surface area (Å²) in [5, 5.41) is 9.31. The number of carbonyl (C=O) groups excluding carboxylic acids is 2. The molecule has 29 heavy (non-hydrogen) atoms. The van der Waals surface area contributed by atoms with E-state index in [1.54, 1.807) is 12.1 Å². The maximum atomic E-state index is 13.2. The molecule has 1 fully saturated rings. The number of amides is 2. The fourth-order valence-electron chi connectivity index (χ4n) is 3.25. The van der Waals surface area contributed by atoms with E-state index in [2.05, 4.69) is 19.1 Å². The number of nitriles is 1. The van der Waals surface area contributed by atoms with E-state index in [0.29, 0.717) is 17.1 Å². The molecule has 3 rings (SSSR count). The summed E-state index contributed by atoms with van der Waals surface area (Å²) >= 11 is 1.23. The maximum absolute atomic E-state index is 13.2. The van der Waals surface area contributed by atoms with E-state index in [4.69, 9.17) is 5.73 Å². The van der Waals surface area contributed by atoms with E-state index >= 15 is 0 Å². The van der Waals surface area contributed by atoms with Gasteiger partial charge in [-0.1, -0.05) is 67.6 Å². The predicted octanol–water partition coefficient (Wildman–Crippen LogP) is 3.94. The highest BCUT2D eigenvalue weighted by Gasteiger charge is 2.40. The molecule has 0 aliphatic carbocycles. The average Bonchev–Trinajstić information content (AvgIpc) is 3.04. The number of nitrogens with zero attached hydrogens (tertiary/aromatic N) is 2. The van der Waals surface area contributed by atoms with Crippen molar-refractivity contribution in [3.63, 3.8) is 0 Å². The highest BCUT2D eigenvalue weighted by molar-refractivity contribution is 8.05. The number of hydrogen-bond donors (Lipinski definition) is 1. The van der Waals surface area contributed by atoms with Crippen molar-refractivity contribution in [3.8, 4) is 6.07 Å². The molecule has 2 aromatic carbocycles. The summed E-state index contributed by atoms with van der Waals surface area (Å²) in [5.74, 6) is -0.982. The molecule has 2 N–H and O–H groups in total. The third-order valence-electron chi connectivity index (χ3n) is 4.80. The van der Waals surface area contributed by atoms with Gasteiger partial charge in [-0.2, -0.15) is 5.26 Å². The molecule has 1 heterocycles. The number of rotatable bonds is 7. The van der Waals surface area contributed by atoms with Gasteiger partial charge in [0, 0.05) is 5.69 Å². The highest BCUT2D eigenvalue weighted by atomic mass is 32.2. The van der Waals surface area contributed by atoms with Crippen LogP contribution in [-0.2, 0) is 22.4 Å². The van der Waals surface area contributed by atoms with Gasteiger partial charge >= 0.3 is 0 Å². The van der Waals surface area contributed by atoms with E-state index in [1.807, 2.05) is 36.4 Å². The van der Waals surface area contributed by atoms with Crippen LogP contribution in [0.1, 0.15) is 30.9 Å². The monoisotopic (exact) mass is 405 g/mol. The van der Waals surface area contributed by atoms with Crippen molar-refractivity contribution < 1.29 is 9.59 Å². The van der Waals surface area contributed by atoms with Crippen LogP contribution in [0.5, 0.6) is 0 Å². The number of carbonyl (C=O) groups is 2. The lowest BCUT2D eigenvalue weighted by Crippen LogP contribution is -2.31. The van der Waals surface area contributed by atoms with Crippen LogP contribution in [0.2, 0.25) is 0 Å². The summed E-state index contributed by atoms with van der Waals surface area (Å²) in [5.41, 5.74) is 8.15. The maximum Gasteiger partial charge on any atom is 0.262 e. The van der Waals surface area contributed by atoms with Crippen LogP contribution in [0.15, 0.2) is 65.2 Å². The van der Waals surface area contributed by atoms with Gasteiger partial charge in [-0.3, -0.25) is 14.5 Å². The number of benzene rings is 2. The summed E-state index contributed by atoms with van der Waals surface area (Å²) in [7, 11) is 0. The molecule has 0 radical (unpaired) electrons. The molecule has 148 valence electrons. The van der Waals surface area contributed by atoms with Crippen LogP contribution >= 0.6 is 11.8 Å². The predicted molar refractivity (Wildman–Crippen MR) is 116 cm³/mol. The Kier molecular flexibility index (Phi) is 6.73. The van der Waals surface area contributed by atoms with Crippen molar-refractivity contribution in [1.29, 1.82) is 5.26 Å². The molecule has 1 unspecified atom stereocenters. The van der Waals surface area contributed by atoms with Crippen LogP contribution in [0.3, 0.4) is 0 Å². The molecule has 0 saturated carbocycles. The molecular formula is C23H23N3O2S. The lowest BCUT2D eigenvalue weighted by Gasteiger charge is -2.18. The fraction of sp³-hybridized carbons (Fsp3) is 0.261. The van der Waals surface area contributed by atoms with Crippen LogP contribution in [0, 0.1) is 11.3 Å². The molecule has 6 heteroatoms. The minimum Gasteiger partial charge on any atom is -0.365 e. The molecule has 2 amide bonds. The average molecular weight is 406 g/mol. The SMILES string of the molecule is CCCCc1ccc(CC2S/C(=C(/C#N)C(N)=O)N(c3ccccc3)C2=O)cc1. The van der Waals surface area contributed by atoms with Crippen LogP contribution in [-0.4, -0.2) is 17.1 Å². The fourth-order valence-corrected chi connectivity index (χ4v) is 4.56. The smallest absolute Gasteiger partial charge is 0.262 e. The Morgan fingerprint density at radius 2 is 1.79 bits per heavy atom. The summed E-state index contributed by atoms with van der Waals surface area (Å²) in [6.07, 6.45) is 3.87. The van der Waals surface area contributed by atoms with Gasteiger partial charge in [0.05, 0.1) is 5.25 Å². The number of unbranched alkanes of at least 4 members (excludes halogenated alkanes) is 1. The Balaban J connectivity index is 1.89. The van der Waals surface area contributed by atoms with E-state index < -0.39 is 11.2 Å². The summed E-state index contributed by atoms with van der Waals surface area (Å²) in [4.78, 5) is 26.4. The number of para-hydroxylation sites is 1. The molecule has 1 saturated heterocycles. The summed E-state index contributed by atoms with van der Waals surface area (Å²) in [6, 6.07) is 19.2. The third-order valence-corrected chi connectivity index (χ3v) is 6.07. The van der Waals surface area contributed by atoms with E-state index in [-0.39, 0.29) is 11.5 Å². The van der Waals surface area contributed by atoms with E-state index in [1.165, 1.54) is 22.2 Å². The van der Waals surface area contributed by atoms with Crippen molar-refractivity contribution in [3.05, 3.63) is 76.3 Å². The molecular weight excluding hydrogens is 382 g/mol. The molecule has 0 aromatic heterocycles. The van der Waals surface area contributed by atoms with Crippen molar-refractivity contribution in [2.45, 2.75) is 37.9 Å². The minimum absolute atomic E-state index is 0.153. The van der Waals surface area contributed by atoms with Gasteiger partial charge in [0.25, 0.3) is 5.91 Å². The minimum atomic E-state index is -0.829. The second-order valence-corrected chi connectivity index (χ2v) is 8.09. The Morgan fingerprint density at radius 3 is 2.38 bits per heavy atom. The van der Waals surface area contributed by atoms with Crippen LogP contribution in [0.25, 0.3) is 0 Å². The molecule has 0 spiro atoms. The first kappa shape index (κ1) is 20.7. The molecule has 0 bridgehead atoms. The Bertz CT molecular complexity index is 962. The zero-order valence-electron chi connectivity index (χ0n) is 16.3. The third kappa shape index (κ3) is 4.69. The second-order valence-electron chi connectivity index (χ2n) is 6.90. The first-order valence-electron chi connectivity index (χ1n) is 9.62. The van der Waals surface area contributed by atoms with Crippen molar-refractivity contribution in [2.75, 3.05) is 4.90 Å². The quantitative estimate of drug-likeness (QED) is 0.558. The van der Waals surface area contributed by atoms with Gasteiger partial charge in [0.2, 0.25) is 5.91 Å². The van der Waals surface area contributed by atoms with Gasteiger partial charge in [-0.15, -0.1) is 0 Å². The van der Waals surface area contributed by atoms with E-state index in [0.717, 1.165) is 24.8 Å². The first-order chi connectivity index (χ1) is 14.0. The number of thioether (sulfide) groups is 1. The normalized spacial score (nSPS) is 17.9. The number of anilines is 1. The van der Waals surface area contributed by atoms with Crippen LogP contribution < -0.4 is 10.6 Å². The molecule has 2 aromatic rings. The van der Waals surface area contributed by atoms with Gasteiger partial charge < -0.3 is 5.73 Å². The van der Waals surface area contributed by atoms with E-state index in [9.17, 15) is 14.9 Å². The number of aryl methyl sites for hydroxylation is 1. The second kappa shape index (κ2) is 9.44. The van der Waals surface area contributed by atoms with Crippen molar-refractivity contribution in [1.82, 2.24) is 0 Å². The number of hydrogen-bond acceptors (Lipinski definition) is 4. The Morgan fingerprint density at radius 1 is 1.14 bits per heavy atom. The highest BCUT2D eigenvalue weighted by Crippen LogP contribution is 2.41. The Labute approximate surface area is 175 Å². The van der Waals surface area contributed by atoms with Crippen molar-refractivity contribution >= 4 is 29.3 Å². The number of primary amides is 1. The molecule has 1 atom stereocenters. The van der Waals surface area contributed by atoms with Gasteiger partial charge in [0.1, 0.15) is 16.7 Å². The molecule has 1 aliphatic rings. The topological polar surface area (TPSA) is 87.2 Å². The summed E-state index contributed by atoms with van der Waals surface area (Å²) in [6.45, 7) is 2.17. The molecule has 1 aliphatic heterocycles. The van der Waals surface area contributed by atoms with Gasteiger partial charge in [-0.25, -0.2) is 0 Å². The standard InChI is InChI=1S/C23H23N3O2S/c1-2-3-7-16-10-12-17(13-11-16)14-20-22(28)26(18-8-5-4-6-9-18)23(29-20)19(15-24)21(25)27/h4-6,8-13,20H,2-3,7,14H2,1H3,(H2,25,27)/b23-19-. The van der Waals surface area contributed by atoms with Crippen LogP contribution in [0.4, 0.5) is 5.69 Å². The zero-order chi connectivity index (χ0) is 20.8. The largest absolute Gasteiger partial charge is 0.365 e. The lowest BCUT2D eigenvalue weighted by atomic mass is 10.0. The number of nitrogens with two attached hydrogens (primary N) is 1. The lowest BCUT2D eigenvalue weighted by molar-refractivity contribution is -0.117. The van der Waals surface area contributed by atoms with Gasteiger partial charge in [0.15, 0.2) is 0 Å².